The molecule has 0 aliphatic rings. The van der Waals surface area contributed by atoms with Crippen molar-refractivity contribution in [2.45, 2.75) is 18.6 Å². The number of ether oxygens (including phenoxy) is 1. The van der Waals surface area contributed by atoms with Gasteiger partial charge < -0.3 is 14.9 Å². The van der Waals surface area contributed by atoms with E-state index in [1.54, 1.807) is 18.2 Å². The predicted octanol–water partition coefficient (Wildman–Crippen LogP) is 1.95. The number of hydrogen-bond acceptors (Lipinski definition) is 5. The lowest BCUT2D eigenvalue weighted by molar-refractivity contribution is 0.0168. The second kappa shape index (κ2) is 7.13. The van der Waals surface area contributed by atoms with E-state index in [-0.39, 0.29) is 0 Å². The Morgan fingerprint density at radius 3 is 2.67 bits per heavy atom. The zero-order valence-corrected chi connectivity index (χ0v) is 12.3. The highest BCUT2D eigenvalue weighted by Gasteiger charge is 2.20. The van der Waals surface area contributed by atoms with Crippen LogP contribution in [0.5, 0.6) is 0 Å². The van der Waals surface area contributed by atoms with Crippen molar-refractivity contribution in [2.24, 2.45) is 0 Å². The Morgan fingerprint density at radius 1 is 1.50 bits per heavy atom. The molecule has 0 spiro atoms. The van der Waals surface area contributed by atoms with Gasteiger partial charge in [0.1, 0.15) is 6.10 Å². The van der Waals surface area contributed by atoms with Crippen molar-refractivity contribution in [1.29, 1.82) is 0 Å². The molecule has 0 radical (unpaired) electrons. The van der Waals surface area contributed by atoms with Crippen molar-refractivity contribution < 1.29 is 19.7 Å². The normalized spacial score (nSPS) is 14.1. The first-order chi connectivity index (χ1) is 8.51. The Labute approximate surface area is 120 Å². The van der Waals surface area contributed by atoms with Crippen LogP contribution in [-0.2, 0) is 4.74 Å². The molecule has 0 amide bonds. The second-order valence-electron chi connectivity index (χ2n) is 3.75. The van der Waals surface area contributed by atoms with Crippen LogP contribution in [0.2, 0.25) is 0 Å². The Kier molecular flexibility index (Phi) is 6.14. The van der Waals surface area contributed by atoms with Gasteiger partial charge in [-0.1, -0.05) is 22.0 Å². The summed E-state index contributed by atoms with van der Waals surface area (Å²) in [4.78, 5) is 11.3. The lowest BCUT2D eigenvalue weighted by Crippen LogP contribution is -2.19. The quantitative estimate of drug-likeness (QED) is 0.568. The van der Waals surface area contributed by atoms with Gasteiger partial charge in [-0.2, -0.15) is 12.6 Å². The number of aliphatic hydroxyl groups excluding tert-OH is 2. The maximum atomic E-state index is 11.3. The molecule has 6 heteroatoms. The lowest BCUT2D eigenvalue weighted by atomic mass is 10.0. The first-order valence-electron chi connectivity index (χ1n) is 5.36. The fourth-order valence-electron chi connectivity index (χ4n) is 1.51. The number of hydrogen-bond donors (Lipinski definition) is 3. The predicted molar refractivity (Wildman–Crippen MR) is 74.9 cm³/mol. The van der Waals surface area contributed by atoms with Crippen LogP contribution in [0.25, 0.3) is 0 Å². The van der Waals surface area contributed by atoms with Gasteiger partial charge in [0.05, 0.1) is 18.8 Å². The number of benzene rings is 1. The molecule has 1 aromatic carbocycles. The summed E-state index contributed by atoms with van der Waals surface area (Å²) in [6.45, 7) is 0. The van der Waals surface area contributed by atoms with Crippen molar-refractivity contribution in [2.75, 3.05) is 12.9 Å². The highest BCUT2D eigenvalue weighted by atomic mass is 79.9. The zero-order chi connectivity index (χ0) is 13.7. The summed E-state index contributed by atoms with van der Waals surface area (Å²) in [6.07, 6.45) is -1.52. The van der Waals surface area contributed by atoms with Gasteiger partial charge in [0, 0.05) is 4.47 Å². The summed E-state index contributed by atoms with van der Waals surface area (Å²) in [5, 5.41) is 19.7. The number of carbonyl (C=O) groups is 1. The standard InChI is InChI=1S/C12H15BrO4S/c1-17-12(16)7-2-3-8(9(13)6-7)11(15)10(14)4-5-18/h2-3,6,10-11,14-15,18H,4-5H2,1H3. The maximum absolute atomic E-state index is 11.3. The Balaban J connectivity index is 2.94. The maximum Gasteiger partial charge on any atom is 0.337 e. The fourth-order valence-corrected chi connectivity index (χ4v) is 2.39. The van der Waals surface area contributed by atoms with Gasteiger partial charge in [0.15, 0.2) is 0 Å². The summed E-state index contributed by atoms with van der Waals surface area (Å²) in [6, 6.07) is 4.68. The van der Waals surface area contributed by atoms with E-state index in [4.69, 9.17) is 0 Å². The number of methoxy groups -OCH3 is 1. The van der Waals surface area contributed by atoms with Crippen LogP contribution in [0.4, 0.5) is 0 Å². The summed E-state index contributed by atoms with van der Waals surface area (Å²) in [5.74, 6) is 0.0310. The summed E-state index contributed by atoms with van der Waals surface area (Å²) >= 11 is 7.27. The molecule has 100 valence electrons. The van der Waals surface area contributed by atoms with E-state index in [0.717, 1.165) is 0 Å². The molecular formula is C12H15BrO4S. The molecule has 0 aromatic heterocycles. The summed E-state index contributed by atoms with van der Waals surface area (Å²) in [7, 11) is 1.30. The van der Waals surface area contributed by atoms with Crippen molar-refractivity contribution in [3.8, 4) is 0 Å². The van der Waals surface area contributed by atoms with Crippen LogP contribution in [0.3, 0.4) is 0 Å². The Hall–Kier alpha value is -0.560. The minimum atomic E-state index is -1.02. The van der Waals surface area contributed by atoms with Crippen LogP contribution in [0.1, 0.15) is 28.4 Å². The van der Waals surface area contributed by atoms with Gasteiger partial charge in [0.2, 0.25) is 0 Å². The van der Waals surface area contributed by atoms with Gasteiger partial charge in [-0.05, 0) is 29.9 Å². The van der Waals surface area contributed by atoms with E-state index in [0.29, 0.717) is 27.8 Å². The fraction of sp³-hybridized carbons (Fsp3) is 0.417. The SMILES string of the molecule is COC(=O)c1ccc(C(O)C(O)CCS)c(Br)c1. The van der Waals surface area contributed by atoms with Crippen LogP contribution in [0, 0.1) is 0 Å². The molecule has 2 atom stereocenters. The van der Waals surface area contributed by atoms with E-state index in [9.17, 15) is 15.0 Å². The first-order valence-corrected chi connectivity index (χ1v) is 6.78. The molecule has 0 fully saturated rings. The molecule has 0 saturated carbocycles. The topological polar surface area (TPSA) is 66.8 Å². The largest absolute Gasteiger partial charge is 0.465 e. The van der Waals surface area contributed by atoms with Gasteiger partial charge >= 0.3 is 5.97 Å². The summed E-state index contributed by atoms with van der Waals surface area (Å²) < 4.78 is 5.15. The van der Waals surface area contributed by atoms with E-state index in [2.05, 4.69) is 33.3 Å². The summed E-state index contributed by atoms with van der Waals surface area (Å²) in [5.41, 5.74) is 0.904. The average molecular weight is 335 g/mol. The van der Waals surface area contributed by atoms with Gasteiger partial charge in [-0.15, -0.1) is 0 Å². The average Bonchev–Trinajstić information content (AvgIpc) is 2.37. The molecule has 4 nitrogen and oxygen atoms in total. The Bertz CT molecular complexity index is 425. The molecule has 0 saturated heterocycles. The Morgan fingerprint density at radius 2 is 2.17 bits per heavy atom. The number of carbonyl (C=O) groups excluding carboxylic acids is 1. The lowest BCUT2D eigenvalue weighted by Gasteiger charge is -2.19. The molecule has 2 unspecified atom stereocenters. The minimum absolute atomic E-state index is 0.379. The number of esters is 1. The number of thiol groups is 1. The number of aliphatic hydroxyl groups is 2. The van der Waals surface area contributed by atoms with Crippen LogP contribution >= 0.6 is 28.6 Å². The molecule has 0 heterocycles. The van der Waals surface area contributed by atoms with Gasteiger partial charge in [-0.25, -0.2) is 4.79 Å². The molecule has 1 aromatic rings. The molecular weight excluding hydrogens is 320 g/mol. The minimum Gasteiger partial charge on any atom is -0.465 e. The monoisotopic (exact) mass is 334 g/mol. The van der Waals surface area contributed by atoms with Gasteiger partial charge in [0.25, 0.3) is 0 Å². The van der Waals surface area contributed by atoms with Crippen molar-refractivity contribution in [3.63, 3.8) is 0 Å². The van der Waals surface area contributed by atoms with E-state index >= 15 is 0 Å². The third-order valence-electron chi connectivity index (χ3n) is 2.53. The van der Waals surface area contributed by atoms with Crippen LogP contribution < -0.4 is 0 Å². The number of halogens is 1. The molecule has 0 aliphatic carbocycles. The molecule has 2 N–H and O–H groups in total. The molecule has 1 rings (SSSR count). The molecule has 18 heavy (non-hydrogen) atoms. The van der Waals surface area contributed by atoms with Crippen LogP contribution in [-0.4, -0.2) is 35.1 Å². The first kappa shape index (κ1) is 15.5. The smallest absolute Gasteiger partial charge is 0.337 e. The van der Waals surface area contributed by atoms with E-state index in [1.165, 1.54) is 7.11 Å². The molecule has 0 bridgehead atoms. The van der Waals surface area contributed by atoms with E-state index < -0.39 is 18.2 Å². The van der Waals surface area contributed by atoms with E-state index in [1.807, 2.05) is 0 Å². The van der Waals surface area contributed by atoms with Crippen molar-refractivity contribution in [1.82, 2.24) is 0 Å². The second-order valence-corrected chi connectivity index (χ2v) is 5.05. The third-order valence-corrected chi connectivity index (χ3v) is 3.47. The van der Waals surface area contributed by atoms with Crippen molar-refractivity contribution in [3.05, 3.63) is 33.8 Å². The van der Waals surface area contributed by atoms with Crippen molar-refractivity contribution >= 4 is 34.5 Å². The highest BCUT2D eigenvalue weighted by molar-refractivity contribution is 9.10. The molecule has 0 aliphatic heterocycles. The van der Waals surface area contributed by atoms with Crippen LogP contribution in [0.15, 0.2) is 22.7 Å². The highest BCUT2D eigenvalue weighted by Crippen LogP contribution is 2.28. The zero-order valence-electron chi connectivity index (χ0n) is 9.84. The number of rotatable bonds is 5. The van der Waals surface area contributed by atoms with Gasteiger partial charge in [-0.3, -0.25) is 0 Å². The third kappa shape index (κ3) is 3.71.